The van der Waals surface area contributed by atoms with Gasteiger partial charge < -0.3 is 20.4 Å². The molecule has 1 aromatic rings. The summed E-state index contributed by atoms with van der Waals surface area (Å²) in [6.45, 7) is -0.0789. The SMILES string of the molecule is O=C(O)[C@@H]1CC(O)CN1C(=O)NCc1ccccc1F. The van der Waals surface area contributed by atoms with Crippen molar-refractivity contribution in [2.45, 2.75) is 25.1 Å². The van der Waals surface area contributed by atoms with Crippen LogP contribution in [-0.2, 0) is 11.3 Å². The van der Waals surface area contributed by atoms with Crippen LogP contribution in [0.1, 0.15) is 12.0 Å². The number of urea groups is 1. The number of carboxylic acid groups (broad SMARTS) is 1. The monoisotopic (exact) mass is 282 g/mol. The van der Waals surface area contributed by atoms with Gasteiger partial charge in [0.15, 0.2) is 0 Å². The minimum Gasteiger partial charge on any atom is -0.480 e. The third kappa shape index (κ3) is 3.05. The molecule has 0 radical (unpaired) electrons. The van der Waals surface area contributed by atoms with Gasteiger partial charge in [0.2, 0.25) is 0 Å². The number of amides is 2. The van der Waals surface area contributed by atoms with E-state index in [-0.39, 0.29) is 19.5 Å². The van der Waals surface area contributed by atoms with Crippen LogP contribution in [0.15, 0.2) is 24.3 Å². The number of nitrogens with zero attached hydrogens (tertiary/aromatic N) is 1. The van der Waals surface area contributed by atoms with Gasteiger partial charge >= 0.3 is 12.0 Å². The van der Waals surface area contributed by atoms with Crippen molar-refractivity contribution in [3.63, 3.8) is 0 Å². The Labute approximate surface area is 114 Å². The van der Waals surface area contributed by atoms with Gasteiger partial charge in [-0.05, 0) is 6.07 Å². The summed E-state index contributed by atoms with van der Waals surface area (Å²) in [6, 6.07) is 4.31. The first-order valence-corrected chi connectivity index (χ1v) is 6.17. The molecule has 0 aliphatic carbocycles. The molecule has 6 nitrogen and oxygen atoms in total. The Hall–Kier alpha value is -2.15. The number of nitrogens with one attached hydrogen (secondary N) is 1. The summed E-state index contributed by atoms with van der Waals surface area (Å²) in [5, 5.41) is 20.9. The fraction of sp³-hybridized carbons (Fsp3) is 0.385. The maximum Gasteiger partial charge on any atom is 0.326 e. The summed E-state index contributed by atoms with van der Waals surface area (Å²) in [5.41, 5.74) is 0.312. The van der Waals surface area contributed by atoms with E-state index in [0.717, 1.165) is 4.90 Å². The van der Waals surface area contributed by atoms with Crippen molar-refractivity contribution in [2.75, 3.05) is 6.54 Å². The van der Waals surface area contributed by atoms with Crippen molar-refractivity contribution in [2.24, 2.45) is 0 Å². The van der Waals surface area contributed by atoms with Crippen molar-refractivity contribution in [1.82, 2.24) is 10.2 Å². The number of hydrogen-bond acceptors (Lipinski definition) is 3. The Morgan fingerprint density at radius 2 is 2.10 bits per heavy atom. The predicted molar refractivity (Wildman–Crippen MR) is 67.4 cm³/mol. The van der Waals surface area contributed by atoms with Crippen LogP contribution in [0.2, 0.25) is 0 Å². The van der Waals surface area contributed by atoms with E-state index in [2.05, 4.69) is 5.32 Å². The number of rotatable bonds is 3. The molecule has 3 N–H and O–H groups in total. The summed E-state index contributed by atoms with van der Waals surface area (Å²) in [7, 11) is 0. The molecule has 1 saturated heterocycles. The second-order valence-corrected chi connectivity index (χ2v) is 4.65. The zero-order valence-electron chi connectivity index (χ0n) is 10.6. The third-order valence-electron chi connectivity index (χ3n) is 3.21. The summed E-state index contributed by atoms with van der Waals surface area (Å²) < 4.78 is 13.4. The molecule has 0 saturated carbocycles. The van der Waals surface area contributed by atoms with Gasteiger partial charge in [-0.1, -0.05) is 18.2 Å². The van der Waals surface area contributed by atoms with Crippen LogP contribution in [0.5, 0.6) is 0 Å². The van der Waals surface area contributed by atoms with E-state index >= 15 is 0 Å². The van der Waals surface area contributed by atoms with E-state index in [9.17, 15) is 19.1 Å². The molecular formula is C13H15FN2O4. The van der Waals surface area contributed by atoms with Crippen molar-refractivity contribution in [3.8, 4) is 0 Å². The second-order valence-electron chi connectivity index (χ2n) is 4.65. The predicted octanol–water partition coefficient (Wildman–Crippen LogP) is 0.555. The van der Waals surface area contributed by atoms with Gasteiger partial charge in [0.05, 0.1) is 6.10 Å². The molecule has 0 spiro atoms. The lowest BCUT2D eigenvalue weighted by Crippen LogP contribution is -2.46. The smallest absolute Gasteiger partial charge is 0.326 e. The molecule has 2 atom stereocenters. The van der Waals surface area contributed by atoms with Crippen molar-refractivity contribution in [3.05, 3.63) is 35.6 Å². The number of carbonyl (C=O) groups excluding carboxylic acids is 1. The molecule has 1 aliphatic rings. The van der Waals surface area contributed by atoms with Crippen LogP contribution in [0.25, 0.3) is 0 Å². The van der Waals surface area contributed by atoms with Crippen molar-refractivity contribution < 1.29 is 24.2 Å². The highest BCUT2D eigenvalue weighted by atomic mass is 19.1. The summed E-state index contributed by atoms with van der Waals surface area (Å²) in [5.74, 6) is -1.60. The van der Waals surface area contributed by atoms with Crippen LogP contribution < -0.4 is 5.32 Å². The Bertz CT molecular complexity index is 523. The number of carbonyl (C=O) groups is 2. The molecular weight excluding hydrogens is 267 g/mol. The number of carboxylic acids is 1. The summed E-state index contributed by atoms with van der Waals surface area (Å²) in [6.07, 6.45) is -0.849. The number of benzene rings is 1. The molecule has 1 aromatic carbocycles. The highest BCUT2D eigenvalue weighted by Crippen LogP contribution is 2.18. The lowest BCUT2D eigenvalue weighted by molar-refractivity contribution is -0.141. The standard InChI is InChI=1S/C13H15FN2O4/c14-10-4-2-1-3-8(10)6-15-13(20)16-7-9(17)5-11(16)12(18)19/h1-4,9,11,17H,5-7H2,(H,15,20)(H,18,19)/t9?,11-/m0/s1. The average molecular weight is 282 g/mol. The number of aliphatic hydroxyl groups is 1. The van der Waals surface area contributed by atoms with E-state index in [1.807, 2.05) is 0 Å². The van der Waals surface area contributed by atoms with Crippen molar-refractivity contribution in [1.29, 1.82) is 0 Å². The number of aliphatic carboxylic acids is 1. The van der Waals surface area contributed by atoms with Gasteiger partial charge in [0.1, 0.15) is 11.9 Å². The van der Waals surface area contributed by atoms with E-state index in [0.29, 0.717) is 5.56 Å². The Morgan fingerprint density at radius 1 is 1.40 bits per heavy atom. The van der Waals surface area contributed by atoms with E-state index < -0.39 is 30.0 Å². The highest BCUT2D eigenvalue weighted by molar-refractivity contribution is 5.83. The van der Waals surface area contributed by atoms with Gasteiger partial charge in [0.25, 0.3) is 0 Å². The Kier molecular flexibility index (Phi) is 4.19. The van der Waals surface area contributed by atoms with Crippen molar-refractivity contribution >= 4 is 12.0 Å². The fourth-order valence-electron chi connectivity index (χ4n) is 2.19. The molecule has 2 rings (SSSR count). The largest absolute Gasteiger partial charge is 0.480 e. The van der Waals surface area contributed by atoms with Gasteiger partial charge in [-0.25, -0.2) is 14.0 Å². The molecule has 20 heavy (non-hydrogen) atoms. The van der Waals surface area contributed by atoms with E-state index in [4.69, 9.17) is 5.11 Å². The van der Waals surface area contributed by atoms with Crippen LogP contribution in [0, 0.1) is 5.82 Å². The van der Waals surface area contributed by atoms with E-state index in [1.165, 1.54) is 18.2 Å². The van der Waals surface area contributed by atoms with Crippen LogP contribution in [0.4, 0.5) is 9.18 Å². The number of halogens is 1. The maximum absolute atomic E-state index is 13.4. The normalized spacial score (nSPS) is 21.8. The highest BCUT2D eigenvalue weighted by Gasteiger charge is 2.38. The quantitative estimate of drug-likeness (QED) is 0.755. The first-order chi connectivity index (χ1) is 9.49. The average Bonchev–Trinajstić information content (AvgIpc) is 2.80. The van der Waals surface area contributed by atoms with Crippen LogP contribution >= 0.6 is 0 Å². The second kappa shape index (κ2) is 5.87. The maximum atomic E-state index is 13.4. The van der Waals surface area contributed by atoms with Gasteiger partial charge in [-0.3, -0.25) is 0 Å². The van der Waals surface area contributed by atoms with Gasteiger partial charge in [-0.2, -0.15) is 0 Å². The zero-order valence-corrected chi connectivity index (χ0v) is 10.6. The van der Waals surface area contributed by atoms with Gasteiger partial charge in [0, 0.05) is 25.1 Å². The number of β-amino-alcohol motifs (C(OH)–C–C–N with tert-alkyl or cyclic N) is 1. The molecule has 1 fully saturated rings. The summed E-state index contributed by atoms with van der Waals surface area (Å²) in [4.78, 5) is 24.0. The topological polar surface area (TPSA) is 89.9 Å². The minimum atomic E-state index is -1.16. The Balaban J connectivity index is 1.98. The van der Waals surface area contributed by atoms with Gasteiger partial charge in [-0.15, -0.1) is 0 Å². The molecule has 1 aliphatic heterocycles. The van der Waals surface area contributed by atoms with Crippen LogP contribution in [0.3, 0.4) is 0 Å². The van der Waals surface area contributed by atoms with E-state index in [1.54, 1.807) is 6.07 Å². The fourth-order valence-corrected chi connectivity index (χ4v) is 2.19. The molecule has 0 bridgehead atoms. The first kappa shape index (κ1) is 14.3. The zero-order chi connectivity index (χ0) is 14.7. The minimum absolute atomic E-state index is 0.00243. The molecule has 1 heterocycles. The summed E-state index contributed by atoms with van der Waals surface area (Å²) >= 11 is 0. The molecule has 1 unspecified atom stereocenters. The molecule has 7 heteroatoms. The molecule has 2 amide bonds. The van der Waals surface area contributed by atoms with Crippen LogP contribution in [-0.4, -0.2) is 45.8 Å². The lowest BCUT2D eigenvalue weighted by atomic mass is 10.2. The lowest BCUT2D eigenvalue weighted by Gasteiger charge is -2.21. The molecule has 0 aromatic heterocycles. The Morgan fingerprint density at radius 3 is 2.75 bits per heavy atom. The number of hydrogen-bond donors (Lipinski definition) is 3. The first-order valence-electron chi connectivity index (χ1n) is 6.17. The number of likely N-dealkylation sites (tertiary alicyclic amines) is 1. The number of aliphatic hydroxyl groups excluding tert-OH is 1. The third-order valence-corrected chi connectivity index (χ3v) is 3.21. The molecule has 108 valence electrons.